The molecule has 2 saturated heterocycles. The van der Waals surface area contributed by atoms with Gasteiger partial charge in [0.25, 0.3) is 0 Å². The summed E-state index contributed by atoms with van der Waals surface area (Å²) < 4.78 is 0. The van der Waals surface area contributed by atoms with E-state index in [1.54, 1.807) is 0 Å². The van der Waals surface area contributed by atoms with Crippen molar-refractivity contribution >= 4 is 0 Å². The van der Waals surface area contributed by atoms with Crippen LogP contribution in [-0.4, -0.2) is 61.2 Å². The van der Waals surface area contributed by atoms with Crippen LogP contribution in [0.25, 0.3) is 0 Å². The summed E-state index contributed by atoms with van der Waals surface area (Å²) in [4.78, 5) is 4.75. The lowest BCUT2D eigenvalue weighted by atomic mass is 9.84. The fourth-order valence-corrected chi connectivity index (χ4v) is 4.47. The fraction of sp³-hybridized carbons (Fsp3) is 1.00. The number of rotatable bonds is 0. The third-order valence-electron chi connectivity index (χ3n) is 6.65. The van der Waals surface area contributed by atoms with Gasteiger partial charge in [-0.3, -0.25) is 0 Å². The van der Waals surface area contributed by atoms with E-state index < -0.39 is 0 Å². The van der Waals surface area contributed by atoms with E-state index in [-0.39, 0.29) is 11.1 Å². The molecule has 4 rings (SSSR count). The first kappa shape index (κ1) is 25.9. The second kappa shape index (κ2) is 14.0. The third kappa shape index (κ3) is 13.9. The first-order chi connectivity index (χ1) is 13.2. The lowest BCUT2D eigenvalue weighted by Crippen LogP contribution is -2.37. The molecule has 4 N–H and O–H groups in total. The molecule has 0 spiro atoms. The molecule has 28 heavy (non-hydrogen) atoms. The van der Waals surface area contributed by atoms with Crippen molar-refractivity contribution < 1.29 is 0 Å². The van der Waals surface area contributed by atoms with Gasteiger partial charge >= 0.3 is 0 Å². The van der Waals surface area contributed by atoms with Gasteiger partial charge in [-0.05, 0) is 105 Å². The quantitative estimate of drug-likeness (QED) is 0.620. The topological polar surface area (TPSA) is 58.5 Å². The molecule has 4 fully saturated rings. The number of nitrogens with two attached hydrogens (primary N) is 2. The molecule has 0 aromatic carbocycles. The van der Waals surface area contributed by atoms with Gasteiger partial charge in [-0.1, -0.05) is 38.5 Å². The second-order valence-electron chi connectivity index (χ2n) is 10.5. The molecular formula is C24H52N4. The predicted molar refractivity (Wildman–Crippen MR) is 125 cm³/mol. The van der Waals surface area contributed by atoms with E-state index in [2.05, 4.69) is 37.7 Å². The zero-order valence-electron chi connectivity index (χ0n) is 19.8. The van der Waals surface area contributed by atoms with E-state index in [1.165, 1.54) is 116 Å². The number of hydrogen-bond donors (Lipinski definition) is 2. The van der Waals surface area contributed by atoms with Crippen LogP contribution in [0.15, 0.2) is 0 Å². The van der Waals surface area contributed by atoms with E-state index in [9.17, 15) is 0 Å². The van der Waals surface area contributed by atoms with Crippen LogP contribution in [0.1, 0.15) is 104 Å². The molecule has 168 valence electrons. The van der Waals surface area contributed by atoms with Gasteiger partial charge in [-0.2, -0.15) is 0 Å². The second-order valence-corrected chi connectivity index (χ2v) is 10.5. The molecule has 2 saturated carbocycles. The summed E-state index contributed by atoms with van der Waals surface area (Å²) in [5.41, 5.74) is 12.0. The SMILES string of the molecule is CC1(N)CCCC1.CC1(N)CCCCC1.CN1CCCC1.CN1CCCCC1. The van der Waals surface area contributed by atoms with Crippen molar-refractivity contribution in [3.05, 3.63) is 0 Å². The molecule has 2 aliphatic carbocycles. The average Bonchev–Trinajstić information content (AvgIpc) is 3.27. The highest BCUT2D eigenvalue weighted by Gasteiger charge is 2.22. The number of piperidine rings is 1. The highest BCUT2D eigenvalue weighted by atomic mass is 15.1. The van der Waals surface area contributed by atoms with Gasteiger partial charge in [0.15, 0.2) is 0 Å². The summed E-state index contributed by atoms with van der Waals surface area (Å²) in [6.07, 6.45) is 18.8. The Labute approximate surface area is 176 Å². The first-order valence-electron chi connectivity index (χ1n) is 12.2. The lowest BCUT2D eigenvalue weighted by molar-refractivity contribution is 0.277. The van der Waals surface area contributed by atoms with Crippen molar-refractivity contribution in [2.24, 2.45) is 11.5 Å². The normalized spacial score (nSPS) is 26.8. The summed E-state index contributed by atoms with van der Waals surface area (Å²) in [6.45, 7) is 9.58. The van der Waals surface area contributed by atoms with Crippen LogP contribution in [-0.2, 0) is 0 Å². The fourth-order valence-electron chi connectivity index (χ4n) is 4.47. The molecule has 0 unspecified atom stereocenters. The summed E-state index contributed by atoms with van der Waals surface area (Å²) in [6, 6.07) is 0. The summed E-state index contributed by atoms with van der Waals surface area (Å²) in [5.74, 6) is 0. The van der Waals surface area contributed by atoms with Crippen molar-refractivity contribution in [2.75, 3.05) is 40.3 Å². The Balaban J connectivity index is 0.000000188. The molecule has 0 aromatic rings. The summed E-state index contributed by atoms with van der Waals surface area (Å²) in [7, 11) is 4.37. The molecular weight excluding hydrogens is 344 g/mol. The van der Waals surface area contributed by atoms with Gasteiger partial charge in [0, 0.05) is 11.1 Å². The molecule has 4 heteroatoms. The Bertz CT molecular complexity index is 353. The van der Waals surface area contributed by atoms with E-state index in [1.807, 2.05) is 0 Å². The highest BCUT2D eigenvalue weighted by Crippen LogP contribution is 2.25. The summed E-state index contributed by atoms with van der Waals surface area (Å²) in [5, 5.41) is 0. The van der Waals surface area contributed by atoms with Crippen LogP contribution in [0, 0.1) is 0 Å². The van der Waals surface area contributed by atoms with Gasteiger partial charge in [-0.25, -0.2) is 0 Å². The van der Waals surface area contributed by atoms with Crippen LogP contribution >= 0.6 is 0 Å². The molecule has 0 bridgehead atoms. The minimum Gasteiger partial charge on any atom is -0.325 e. The Morgan fingerprint density at radius 1 is 0.464 bits per heavy atom. The van der Waals surface area contributed by atoms with Crippen molar-refractivity contribution in [3.63, 3.8) is 0 Å². The standard InChI is InChI=1S/C7H15N.2C6H13N.C5H11N/c1-7(8)5-3-2-4-6-7;1-7-5-3-2-4-6-7;1-6(7)4-2-3-5-6;1-6-4-2-3-5-6/h2-6,8H2,1H3;2-6H2,1H3;2-5,7H2,1H3;2-5H2,1H3. The van der Waals surface area contributed by atoms with Crippen LogP contribution in [0.2, 0.25) is 0 Å². The van der Waals surface area contributed by atoms with Crippen LogP contribution in [0.3, 0.4) is 0 Å². The van der Waals surface area contributed by atoms with Gasteiger partial charge in [0.2, 0.25) is 0 Å². The minimum absolute atomic E-state index is 0.179. The van der Waals surface area contributed by atoms with Crippen molar-refractivity contribution in [1.82, 2.24) is 9.80 Å². The molecule has 0 radical (unpaired) electrons. The van der Waals surface area contributed by atoms with Crippen molar-refractivity contribution in [3.8, 4) is 0 Å². The maximum atomic E-state index is 5.88. The van der Waals surface area contributed by atoms with Crippen molar-refractivity contribution in [1.29, 1.82) is 0 Å². The van der Waals surface area contributed by atoms with Gasteiger partial charge in [-0.15, -0.1) is 0 Å². The van der Waals surface area contributed by atoms with E-state index in [0.29, 0.717) is 0 Å². The zero-order valence-corrected chi connectivity index (χ0v) is 19.8. The zero-order chi connectivity index (χ0) is 20.9. The Kier molecular flexibility index (Phi) is 12.9. The van der Waals surface area contributed by atoms with Crippen LogP contribution < -0.4 is 11.5 Å². The number of nitrogens with zero attached hydrogens (tertiary/aromatic N) is 2. The van der Waals surface area contributed by atoms with E-state index in [0.717, 1.165) is 0 Å². The predicted octanol–water partition coefficient (Wildman–Crippen LogP) is 4.76. The Morgan fingerprint density at radius 3 is 0.857 bits per heavy atom. The molecule has 2 aliphatic heterocycles. The smallest absolute Gasteiger partial charge is 0.0125 e. The molecule has 4 nitrogen and oxygen atoms in total. The van der Waals surface area contributed by atoms with Crippen molar-refractivity contribution in [2.45, 2.75) is 115 Å². The Morgan fingerprint density at radius 2 is 0.714 bits per heavy atom. The van der Waals surface area contributed by atoms with Crippen LogP contribution in [0.5, 0.6) is 0 Å². The maximum Gasteiger partial charge on any atom is 0.0125 e. The first-order valence-corrected chi connectivity index (χ1v) is 12.2. The number of likely N-dealkylation sites (tertiary alicyclic amines) is 2. The third-order valence-corrected chi connectivity index (χ3v) is 6.65. The van der Waals surface area contributed by atoms with Gasteiger partial charge in [0.05, 0.1) is 0 Å². The highest BCUT2D eigenvalue weighted by molar-refractivity contribution is 4.83. The van der Waals surface area contributed by atoms with E-state index >= 15 is 0 Å². The lowest BCUT2D eigenvalue weighted by Gasteiger charge is -2.28. The monoisotopic (exact) mass is 396 g/mol. The summed E-state index contributed by atoms with van der Waals surface area (Å²) >= 11 is 0. The Hall–Kier alpha value is -0.160. The molecule has 0 atom stereocenters. The molecule has 0 amide bonds. The van der Waals surface area contributed by atoms with Gasteiger partial charge in [0.1, 0.15) is 0 Å². The molecule has 2 heterocycles. The number of hydrogen-bond acceptors (Lipinski definition) is 4. The van der Waals surface area contributed by atoms with E-state index in [4.69, 9.17) is 11.5 Å². The van der Waals surface area contributed by atoms with Gasteiger partial charge < -0.3 is 21.3 Å². The van der Waals surface area contributed by atoms with Crippen LogP contribution in [0.4, 0.5) is 0 Å². The minimum atomic E-state index is 0.179. The maximum absolute atomic E-state index is 5.88. The molecule has 4 aliphatic rings. The largest absolute Gasteiger partial charge is 0.325 e. The average molecular weight is 397 g/mol. The molecule has 0 aromatic heterocycles.